The van der Waals surface area contributed by atoms with E-state index < -0.39 is 0 Å². The fraction of sp³-hybridized carbons (Fsp3) is 0.400. The molecule has 1 N–H and O–H groups in total. The molecule has 0 fully saturated rings. The first kappa shape index (κ1) is 10.5. The third kappa shape index (κ3) is 3.01. The van der Waals surface area contributed by atoms with Crippen molar-refractivity contribution in [3.63, 3.8) is 0 Å². The molecular formula is C10H13FOS. The van der Waals surface area contributed by atoms with Gasteiger partial charge in [0.1, 0.15) is 5.82 Å². The van der Waals surface area contributed by atoms with E-state index in [-0.39, 0.29) is 17.7 Å². The maximum atomic E-state index is 12.9. The fourth-order valence-electron chi connectivity index (χ4n) is 0.960. The molecule has 0 aliphatic heterocycles. The number of hydrogen-bond donors (Lipinski definition) is 1. The van der Waals surface area contributed by atoms with E-state index in [1.165, 1.54) is 6.07 Å². The molecule has 1 nitrogen and oxygen atoms in total. The van der Waals surface area contributed by atoms with Crippen LogP contribution in [0.1, 0.15) is 12.5 Å². The van der Waals surface area contributed by atoms with Crippen LogP contribution in [-0.2, 0) is 0 Å². The summed E-state index contributed by atoms with van der Waals surface area (Å²) in [6, 6.07) is 4.99. The molecule has 13 heavy (non-hydrogen) atoms. The first-order chi connectivity index (χ1) is 6.13. The van der Waals surface area contributed by atoms with Crippen molar-refractivity contribution in [2.24, 2.45) is 0 Å². The molecule has 72 valence electrons. The first-order valence-corrected chi connectivity index (χ1v) is 5.05. The van der Waals surface area contributed by atoms with Crippen molar-refractivity contribution in [1.82, 2.24) is 0 Å². The van der Waals surface area contributed by atoms with E-state index >= 15 is 0 Å². The Hall–Kier alpha value is -0.540. The largest absolute Gasteiger partial charge is 0.395 e. The molecule has 0 spiro atoms. The molecule has 0 aliphatic rings. The van der Waals surface area contributed by atoms with E-state index in [0.29, 0.717) is 5.56 Å². The van der Waals surface area contributed by atoms with Gasteiger partial charge in [-0.2, -0.15) is 0 Å². The van der Waals surface area contributed by atoms with Crippen LogP contribution in [0, 0.1) is 12.7 Å². The number of thioether (sulfide) groups is 1. The Morgan fingerprint density at radius 2 is 2.23 bits per heavy atom. The fourth-order valence-corrected chi connectivity index (χ4v) is 1.89. The van der Waals surface area contributed by atoms with Gasteiger partial charge in [0, 0.05) is 10.1 Å². The van der Waals surface area contributed by atoms with Gasteiger partial charge in [-0.25, -0.2) is 4.39 Å². The minimum atomic E-state index is -0.180. The summed E-state index contributed by atoms with van der Waals surface area (Å²) in [5, 5.41) is 8.98. The Balaban J connectivity index is 2.73. The number of aliphatic hydroxyl groups excluding tert-OH is 1. The van der Waals surface area contributed by atoms with E-state index in [2.05, 4.69) is 0 Å². The van der Waals surface area contributed by atoms with Gasteiger partial charge in [-0.3, -0.25) is 0 Å². The van der Waals surface area contributed by atoms with Crippen LogP contribution >= 0.6 is 11.8 Å². The van der Waals surface area contributed by atoms with Crippen molar-refractivity contribution in [1.29, 1.82) is 0 Å². The second kappa shape index (κ2) is 4.63. The molecule has 1 atom stereocenters. The van der Waals surface area contributed by atoms with Gasteiger partial charge in [0.05, 0.1) is 6.61 Å². The van der Waals surface area contributed by atoms with Crippen LogP contribution in [0.5, 0.6) is 0 Å². The highest BCUT2D eigenvalue weighted by atomic mass is 32.2. The van der Waals surface area contributed by atoms with Crippen molar-refractivity contribution in [3.05, 3.63) is 29.6 Å². The van der Waals surface area contributed by atoms with Crippen molar-refractivity contribution in [2.75, 3.05) is 6.61 Å². The SMILES string of the molecule is Cc1cc(SC(C)CO)ccc1F. The minimum Gasteiger partial charge on any atom is -0.395 e. The second-order valence-electron chi connectivity index (χ2n) is 3.02. The van der Waals surface area contributed by atoms with E-state index in [0.717, 1.165) is 4.90 Å². The van der Waals surface area contributed by atoms with Crippen molar-refractivity contribution in [2.45, 2.75) is 24.0 Å². The zero-order valence-corrected chi connectivity index (χ0v) is 8.57. The molecule has 0 bridgehead atoms. The summed E-state index contributed by atoms with van der Waals surface area (Å²) < 4.78 is 12.9. The summed E-state index contributed by atoms with van der Waals surface area (Å²) in [6.07, 6.45) is 0. The molecule has 0 amide bonds. The monoisotopic (exact) mass is 200 g/mol. The molecule has 0 aromatic heterocycles. The van der Waals surface area contributed by atoms with Gasteiger partial charge in [-0.05, 0) is 30.7 Å². The van der Waals surface area contributed by atoms with Crippen molar-refractivity contribution in [3.8, 4) is 0 Å². The van der Waals surface area contributed by atoms with Crippen molar-refractivity contribution < 1.29 is 9.50 Å². The lowest BCUT2D eigenvalue weighted by Gasteiger charge is -2.07. The number of rotatable bonds is 3. The predicted octanol–water partition coefficient (Wildman–Crippen LogP) is 2.61. The van der Waals surface area contributed by atoms with Gasteiger partial charge < -0.3 is 5.11 Å². The van der Waals surface area contributed by atoms with Crippen molar-refractivity contribution >= 4 is 11.8 Å². The van der Waals surface area contributed by atoms with Gasteiger partial charge in [0.25, 0.3) is 0 Å². The lowest BCUT2D eigenvalue weighted by molar-refractivity contribution is 0.300. The van der Waals surface area contributed by atoms with E-state index in [1.807, 2.05) is 6.92 Å². The molecule has 3 heteroatoms. The Morgan fingerprint density at radius 1 is 1.54 bits per heavy atom. The van der Waals surface area contributed by atoms with E-state index in [1.54, 1.807) is 30.8 Å². The quantitative estimate of drug-likeness (QED) is 0.757. The zero-order chi connectivity index (χ0) is 9.84. The summed E-state index contributed by atoms with van der Waals surface area (Å²) in [5.41, 5.74) is 0.648. The predicted molar refractivity (Wildman–Crippen MR) is 53.5 cm³/mol. The normalized spacial score (nSPS) is 12.9. The summed E-state index contributed by atoms with van der Waals surface area (Å²) in [4.78, 5) is 1.00. The van der Waals surface area contributed by atoms with Crippen LogP contribution < -0.4 is 0 Å². The Bertz CT molecular complexity index is 288. The average molecular weight is 200 g/mol. The maximum Gasteiger partial charge on any atom is 0.126 e. The van der Waals surface area contributed by atoms with Crippen LogP contribution in [0.15, 0.2) is 23.1 Å². The molecule has 1 aromatic rings. The maximum absolute atomic E-state index is 12.9. The number of hydrogen-bond acceptors (Lipinski definition) is 2. The van der Waals surface area contributed by atoms with Gasteiger partial charge in [-0.1, -0.05) is 6.92 Å². The number of aliphatic hydroxyl groups is 1. The Labute approximate surface area is 82.0 Å². The summed E-state index contributed by atoms with van der Waals surface area (Å²) in [6.45, 7) is 3.81. The van der Waals surface area contributed by atoms with Gasteiger partial charge in [0.15, 0.2) is 0 Å². The molecule has 0 saturated heterocycles. The number of aryl methyl sites for hydroxylation is 1. The highest BCUT2D eigenvalue weighted by Gasteiger charge is 2.04. The van der Waals surface area contributed by atoms with Crippen LogP contribution in [-0.4, -0.2) is 17.0 Å². The standard InChI is InChI=1S/C10H13FOS/c1-7-5-9(3-4-10(7)11)13-8(2)6-12/h3-5,8,12H,6H2,1-2H3. The summed E-state index contributed by atoms with van der Waals surface area (Å²) >= 11 is 1.55. The lowest BCUT2D eigenvalue weighted by Crippen LogP contribution is -2.01. The molecule has 0 aliphatic carbocycles. The molecule has 0 saturated carbocycles. The first-order valence-electron chi connectivity index (χ1n) is 4.17. The average Bonchev–Trinajstić information content (AvgIpc) is 2.11. The van der Waals surface area contributed by atoms with Crippen LogP contribution in [0.4, 0.5) is 4.39 Å². The Morgan fingerprint density at radius 3 is 2.77 bits per heavy atom. The number of halogens is 1. The van der Waals surface area contributed by atoms with Crippen LogP contribution in [0.3, 0.4) is 0 Å². The molecule has 0 heterocycles. The Kier molecular flexibility index (Phi) is 3.75. The molecule has 1 aromatic carbocycles. The molecule has 1 rings (SSSR count). The van der Waals surface area contributed by atoms with Gasteiger partial charge in [0.2, 0.25) is 0 Å². The number of benzene rings is 1. The summed E-state index contributed by atoms with van der Waals surface area (Å²) in [7, 11) is 0. The second-order valence-corrected chi connectivity index (χ2v) is 4.53. The highest BCUT2D eigenvalue weighted by molar-refractivity contribution is 8.00. The molecular weight excluding hydrogens is 187 g/mol. The van der Waals surface area contributed by atoms with Gasteiger partial charge >= 0.3 is 0 Å². The third-order valence-corrected chi connectivity index (χ3v) is 2.80. The smallest absolute Gasteiger partial charge is 0.126 e. The molecule has 0 radical (unpaired) electrons. The molecule has 1 unspecified atom stereocenters. The third-order valence-electron chi connectivity index (χ3n) is 1.72. The van der Waals surface area contributed by atoms with E-state index in [9.17, 15) is 4.39 Å². The van der Waals surface area contributed by atoms with Crippen LogP contribution in [0.2, 0.25) is 0 Å². The topological polar surface area (TPSA) is 20.2 Å². The zero-order valence-electron chi connectivity index (χ0n) is 7.75. The lowest BCUT2D eigenvalue weighted by atomic mass is 10.2. The van der Waals surface area contributed by atoms with E-state index in [4.69, 9.17) is 5.11 Å². The highest BCUT2D eigenvalue weighted by Crippen LogP contribution is 2.24. The minimum absolute atomic E-state index is 0.140. The summed E-state index contributed by atoms with van der Waals surface area (Å²) in [5.74, 6) is -0.180. The van der Waals surface area contributed by atoms with Crippen LogP contribution in [0.25, 0.3) is 0 Å². The van der Waals surface area contributed by atoms with Gasteiger partial charge in [-0.15, -0.1) is 11.8 Å².